The maximum atomic E-state index is 13.6. The summed E-state index contributed by atoms with van der Waals surface area (Å²) >= 11 is 12.3. The minimum atomic E-state index is -4.53. The molecule has 0 fully saturated rings. The molecule has 0 unspecified atom stereocenters. The average Bonchev–Trinajstić information content (AvgIpc) is 3.33. The SMILES string of the molecule is O=C(O)c1ccc(CNC(=O)c2cc(-c3cccc(C(F)(F)F)c3)cc3cnn(Cc4cc(Cl)cc(Cl)c4)c23)cc1. The fraction of sp³-hybridized carbons (Fsp3) is 0.100. The molecule has 0 saturated heterocycles. The molecular weight excluding hydrogens is 578 g/mol. The number of rotatable bonds is 7. The van der Waals surface area contributed by atoms with Crippen LogP contribution in [0.2, 0.25) is 10.0 Å². The Morgan fingerprint density at radius 3 is 2.24 bits per heavy atom. The number of nitrogens with one attached hydrogen (secondary N) is 1. The Morgan fingerprint density at radius 1 is 0.878 bits per heavy atom. The van der Waals surface area contributed by atoms with Crippen LogP contribution in [-0.2, 0) is 19.3 Å². The molecule has 1 aromatic heterocycles. The molecule has 0 aliphatic heterocycles. The van der Waals surface area contributed by atoms with Crippen LogP contribution in [0.25, 0.3) is 22.0 Å². The zero-order valence-electron chi connectivity index (χ0n) is 21.0. The maximum absolute atomic E-state index is 13.6. The molecular formula is C30H20Cl2F3N3O3. The van der Waals surface area contributed by atoms with E-state index in [1.807, 2.05) is 0 Å². The fourth-order valence-corrected chi connectivity index (χ4v) is 5.06. The number of carbonyl (C=O) groups excluding carboxylic acids is 1. The topological polar surface area (TPSA) is 84.2 Å². The summed E-state index contributed by atoms with van der Waals surface area (Å²) in [6, 6.07) is 19.2. The Balaban J connectivity index is 1.56. The Morgan fingerprint density at radius 2 is 1.59 bits per heavy atom. The van der Waals surface area contributed by atoms with E-state index < -0.39 is 23.6 Å². The van der Waals surface area contributed by atoms with Crippen LogP contribution in [0.15, 0.2) is 85.1 Å². The molecule has 6 nitrogen and oxygen atoms in total. The standard InChI is InChI=1S/C30H20Cl2F3N3O3/c31-24-8-18(9-25(32)13-24)16-38-27-22(15-37-38)10-21(20-2-1-3-23(11-20)30(33,34)35)12-26(27)28(39)36-14-17-4-6-19(7-5-17)29(40)41/h1-13,15H,14,16H2,(H,36,39)(H,40,41). The van der Waals surface area contributed by atoms with Crippen LogP contribution in [-0.4, -0.2) is 26.8 Å². The van der Waals surface area contributed by atoms with E-state index in [2.05, 4.69) is 10.4 Å². The molecule has 5 rings (SSSR count). The first-order valence-corrected chi connectivity index (χ1v) is 13.0. The van der Waals surface area contributed by atoms with Gasteiger partial charge in [0.05, 0.1) is 34.9 Å². The molecule has 0 bridgehead atoms. The smallest absolute Gasteiger partial charge is 0.416 e. The van der Waals surface area contributed by atoms with Crippen molar-refractivity contribution in [1.82, 2.24) is 15.1 Å². The zero-order valence-corrected chi connectivity index (χ0v) is 22.6. The molecule has 1 heterocycles. The van der Waals surface area contributed by atoms with Gasteiger partial charge in [0.2, 0.25) is 0 Å². The third kappa shape index (κ3) is 6.37. The number of aromatic carboxylic acids is 1. The summed E-state index contributed by atoms with van der Waals surface area (Å²) in [5.41, 5.74) is 2.06. The second-order valence-electron chi connectivity index (χ2n) is 9.30. The Kier molecular flexibility index (Phi) is 7.75. The Hall–Kier alpha value is -4.34. The van der Waals surface area contributed by atoms with Crippen molar-refractivity contribution in [2.24, 2.45) is 0 Å². The van der Waals surface area contributed by atoms with Gasteiger partial charge >= 0.3 is 12.1 Å². The van der Waals surface area contributed by atoms with Gasteiger partial charge in [0.25, 0.3) is 5.91 Å². The minimum absolute atomic E-state index is 0.0893. The van der Waals surface area contributed by atoms with E-state index in [1.54, 1.807) is 53.3 Å². The van der Waals surface area contributed by atoms with Gasteiger partial charge in [-0.05, 0) is 76.9 Å². The molecule has 1 amide bonds. The summed E-state index contributed by atoms with van der Waals surface area (Å²) in [6.45, 7) is 0.315. The first-order chi connectivity index (χ1) is 19.5. The number of alkyl halides is 3. The molecule has 2 N–H and O–H groups in total. The van der Waals surface area contributed by atoms with E-state index in [9.17, 15) is 22.8 Å². The molecule has 0 saturated carbocycles. The number of nitrogens with zero attached hydrogens (tertiary/aromatic N) is 2. The van der Waals surface area contributed by atoms with E-state index >= 15 is 0 Å². The molecule has 0 atom stereocenters. The molecule has 4 aromatic carbocycles. The Bertz CT molecular complexity index is 1760. The molecule has 11 heteroatoms. The molecule has 0 aliphatic rings. The number of fused-ring (bicyclic) bond motifs is 1. The van der Waals surface area contributed by atoms with E-state index in [4.69, 9.17) is 28.3 Å². The first-order valence-electron chi connectivity index (χ1n) is 12.2. The van der Waals surface area contributed by atoms with Crippen molar-refractivity contribution in [3.8, 4) is 11.1 Å². The van der Waals surface area contributed by atoms with Crippen LogP contribution < -0.4 is 5.32 Å². The van der Waals surface area contributed by atoms with Crippen molar-refractivity contribution >= 4 is 46.0 Å². The number of amides is 1. The maximum Gasteiger partial charge on any atom is 0.416 e. The first kappa shape index (κ1) is 28.2. The third-order valence-electron chi connectivity index (χ3n) is 6.41. The van der Waals surface area contributed by atoms with Crippen molar-refractivity contribution in [2.75, 3.05) is 0 Å². The predicted molar refractivity (Wildman–Crippen MR) is 150 cm³/mol. The van der Waals surface area contributed by atoms with Crippen molar-refractivity contribution in [1.29, 1.82) is 0 Å². The van der Waals surface area contributed by atoms with Crippen LogP contribution >= 0.6 is 23.2 Å². The van der Waals surface area contributed by atoms with Gasteiger partial charge in [0.1, 0.15) is 0 Å². The average molecular weight is 598 g/mol. The monoisotopic (exact) mass is 597 g/mol. The summed E-state index contributed by atoms with van der Waals surface area (Å²) in [5, 5.41) is 17.8. The van der Waals surface area contributed by atoms with Crippen LogP contribution in [0.5, 0.6) is 0 Å². The normalized spacial score (nSPS) is 11.5. The lowest BCUT2D eigenvalue weighted by Gasteiger charge is -2.13. The summed E-state index contributed by atoms with van der Waals surface area (Å²) in [6.07, 6.45) is -2.99. The van der Waals surface area contributed by atoms with Gasteiger partial charge in [-0.3, -0.25) is 9.48 Å². The van der Waals surface area contributed by atoms with Gasteiger partial charge in [-0.15, -0.1) is 0 Å². The lowest BCUT2D eigenvalue weighted by Crippen LogP contribution is -2.24. The summed E-state index contributed by atoms with van der Waals surface area (Å²) in [5.74, 6) is -1.55. The van der Waals surface area contributed by atoms with Crippen molar-refractivity contribution in [3.63, 3.8) is 0 Å². The van der Waals surface area contributed by atoms with Gasteiger partial charge in [-0.1, -0.05) is 47.5 Å². The number of carboxylic acid groups (broad SMARTS) is 1. The number of halogens is 5. The van der Waals surface area contributed by atoms with E-state index in [-0.39, 0.29) is 29.8 Å². The molecule has 208 valence electrons. The predicted octanol–water partition coefficient (Wildman–Crippen LogP) is 7.71. The summed E-state index contributed by atoms with van der Waals surface area (Å²) in [4.78, 5) is 24.7. The number of aromatic nitrogens is 2. The molecule has 0 radical (unpaired) electrons. The van der Waals surface area contributed by atoms with Crippen molar-refractivity contribution < 1.29 is 27.9 Å². The second-order valence-corrected chi connectivity index (χ2v) is 10.2. The van der Waals surface area contributed by atoms with Crippen molar-refractivity contribution in [3.05, 3.63) is 123 Å². The zero-order chi connectivity index (χ0) is 29.3. The minimum Gasteiger partial charge on any atom is -0.478 e. The third-order valence-corrected chi connectivity index (χ3v) is 6.85. The summed E-state index contributed by atoms with van der Waals surface area (Å²) < 4.78 is 41.8. The van der Waals surface area contributed by atoms with E-state index in [0.29, 0.717) is 32.1 Å². The van der Waals surface area contributed by atoms with Gasteiger partial charge in [-0.25, -0.2) is 4.79 Å². The van der Waals surface area contributed by atoms with Crippen LogP contribution in [0, 0.1) is 0 Å². The molecule has 0 spiro atoms. The fourth-order valence-electron chi connectivity index (χ4n) is 4.49. The van der Waals surface area contributed by atoms with Gasteiger partial charge < -0.3 is 10.4 Å². The van der Waals surface area contributed by atoms with Gasteiger partial charge in [0.15, 0.2) is 0 Å². The van der Waals surface area contributed by atoms with Crippen molar-refractivity contribution in [2.45, 2.75) is 19.3 Å². The lowest BCUT2D eigenvalue weighted by molar-refractivity contribution is -0.137. The van der Waals surface area contributed by atoms with E-state index in [1.165, 1.54) is 24.3 Å². The van der Waals surface area contributed by atoms with Crippen LogP contribution in [0.1, 0.15) is 37.4 Å². The quantitative estimate of drug-likeness (QED) is 0.201. The van der Waals surface area contributed by atoms with Crippen LogP contribution in [0.4, 0.5) is 13.2 Å². The number of hydrogen-bond donors (Lipinski definition) is 2. The number of hydrogen-bond acceptors (Lipinski definition) is 3. The lowest BCUT2D eigenvalue weighted by atomic mass is 9.98. The molecule has 41 heavy (non-hydrogen) atoms. The highest BCUT2D eigenvalue weighted by molar-refractivity contribution is 6.34. The highest BCUT2D eigenvalue weighted by Crippen LogP contribution is 2.34. The highest BCUT2D eigenvalue weighted by atomic mass is 35.5. The summed E-state index contributed by atoms with van der Waals surface area (Å²) in [7, 11) is 0. The molecule has 5 aromatic rings. The molecule has 0 aliphatic carbocycles. The van der Waals surface area contributed by atoms with E-state index in [0.717, 1.165) is 17.7 Å². The Labute approximate surface area is 241 Å². The number of benzene rings is 4. The number of carboxylic acids is 1. The largest absolute Gasteiger partial charge is 0.478 e. The second kappa shape index (κ2) is 11.3. The van der Waals surface area contributed by atoms with Gasteiger partial charge in [-0.2, -0.15) is 18.3 Å². The number of carbonyl (C=O) groups is 2. The van der Waals surface area contributed by atoms with Gasteiger partial charge in [0, 0.05) is 22.0 Å². The van der Waals surface area contributed by atoms with Crippen LogP contribution in [0.3, 0.4) is 0 Å². The highest BCUT2D eigenvalue weighted by Gasteiger charge is 2.30.